The highest BCUT2D eigenvalue weighted by atomic mass is 15.2. The van der Waals surface area contributed by atoms with Crippen molar-refractivity contribution in [3.05, 3.63) is 76.3 Å². The van der Waals surface area contributed by atoms with Gasteiger partial charge in [0.2, 0.25) is 0 Å². The summed E-state index contributed by atoms with van der Waals surface area (Å²) in [6.45, 7) is 4.31. The van der Waals surface area contributed by atoms with E-state index in [-0.39, 0.29) is 5.54 Å². The number of para-hydroxylation sites is 2. The number of hydrogen-bond acceptors (Lipinski definition) is 3. The van der Waals surface area contributed by atoms with Crippen LogP contribution >= 0.6 is 0 Å². The Morgan fingerprint density at radius 2 is 1.63 bits per heavy atom. The second-order valence-electron chi connectivity index (χ2n) is 11.6. The van der Waals surface area contributed by atoms with Gasteiger partial charge >= 0.3 is 0 Å². The Balaban J connectivity index is 1.49. The first-order valence-corrected chi connectivity index (χ1v) is 13.2. The average molecular weight is 461 g/mol. The van der Waals surface area contributed by atoms with E-state index in [1.54, 1.807) is 0 Å². The molecule has 35 heavy (non-hydrogen) atoms. The van der Waals surface area contributed by atoms with Crippen molar-refractivity contribution in [2.24, 2.45) is 17.8 Å². The summed E-state index contributed by atoms with van der Waals surface area (Å²) in [6.07, 6.45) is 8.90. The number of hydrogen-bond donors (Lipinski definition) is 1. The lowest BCUT2D eigenvalue weighted by Gasteiger charge is -2.57. The zero-order chi connectivity index (χ0) is 23.7. The molecule has 2 aromatic carbocycles. The second-order valence-corrected chi connectivity index (χ2v) is 11.6. The van der Waals surface area contributed by atoms with Crippen molar-refractivity contribution in [2.45, 2.75) is 64.3 Å². The Morgan fingerprint density at radius 1 is 0.971 bits per heavy atom. The fourth-order valence-electron chi connectivity index (χ4n) is 8.05. The van der Waals surface area contributed by atoms with Gasteiger partial charge in [-0.3, -0.25) is 4.40 Å². The van der Waals surface area contributed by atoms with E-state index in [9.17, 15) is 5.26 Å². The third-order valence-corrected chi connectivity index (χ3v) is 9.28. The van der Waals surface area contributed by atoms with E-state index in [2.05, 4.69) is 72.1 Å². The van der Waals surface area contributed by atoms with Crippen LogP contribution in [0.2, 0.25) is 0 Å². The van der Waals surface area contributed by atoms with E-state index < -0.39 is 0 Å². The van der Waals surface area contributed by atoms with Crippen LogP contribution in [-0.2, 0) is 6.42 Å². The highest BCUT2D eigenvalue weighted by Crippen LogP contribution is 2.57. The van der Waals surface area contributed by atoms with E-state index in [0.717, 1.165) is 52.2 Å². The van der Waals surface area contributed by atoms with E-state index in [1.807, 2.05) is 6.07 Å². The lowest BCUT2D eigenvalue weighted by molar-refractivity contribution is 0.0105. The molecule has 4 fully saturated rings. The van der Waals surface area contributed by atoms with Crippen LogP contribution in [0, 0.1) is 42.9 Å². The van der Waals surface area contributed by atoms with Gasteiger partial charge in [-0.2, -0.15) is 5.26 Å². The first-order chi connectivity index (χ1) is 17.0. The standard InChI is InChI=1S/C31H32N4/c1-19-7-3-4-8-24(19)14-25-20(2)26(18-32)29-33-27-9-5-6-10-28(27)35(29)30(25)34-31-15-21-11-22(16-31)13-23(12-21)17-31/h3-10,21-23,34H,11-17H2,1-2H3. The van der Waals surface area contributed by atoms with Gasteiger partial charge in [-0.1, -0.05) is 36.4 Å². The molecule has 4 bridgehead atoms. The van der Waals surface area contributed by atoms with Crippen LogP contribution in [0.15, 0.2) is 48.5 Å². The third kappa shape index (κ3) is 3.21. The van der Waals surface area contributed by atoms with Crippen LogP contribution in [0.25, 0.3) is 16.7 Å². The van der Waals surface area contributed by atoms with Crippen LogP contribution in [0.4, 0.5) is 5.82 Å². The maximum absolute atomic E-state index is 10.3. The Kier molecular flexibility index (Phi) is 4.55. The predicted molar refractivity (Wildman–Crippen MR) is 141 cm³/mol. The van der Waals surface area contributed by atoms with Crippen molar-refractivity contribution < 1.29 is 0 Å². The van der Waals surface area contributed by atoms with Crippen LogP contribution in [-0.4, -0.2) is 14.9 Å². The van der Waals surface area contributed by atoms with E-state index in [1.165, 1.54) is 55.2 Å². The molecule has 0 radical (unpaired) electrons. The first-order valence-electron chi connectivity index (χ1n) is 13.2. The van der Waals surface area contributed by atoms with Gasteiger partial charge in [0.1, 0.15) is 11.9 Å². The lowest BCUT2D eigenvalue weighted by Crippen LogP contribution is -2.55. The van der Waals surface area contributed by atoms with E-state index >= 15 is 0 Å². The molecule has 1 N–H and O–H groups in total. The van der Waals surface area contributed by atoms with E-state index in [0.29, 0.717) is 5.56 Å². The Labute approximate surface area is 207 Å². The molecular weight excluding hydrogens is 428 g/mol. The SMILES string of the molecule is Cc1ccccc1Cc1c(C)c(C#N)c2nc3ccccc3n2c1NC12CC3CC(CC(C3)C1)C2. The number of imidazole rings is 1. The molecule has 4 nitrogen and oxygen atoms in total. The normalized spacial score (nSPS) is 26.9. The average Bonchev–Trinajstić information content (AvgIpc) is 3.21. The molecule has 8 rings (SSSR count). The number of nitrogens with zero attached hydrogens (tertiary/aromatic N) is 3. The summed E-state index contributed by atoms with van der Waals surface area (Å²) in [5.74, 6) is 3.75. The number of aryl methyl sites for hydroxylation is 1. The maximum Gasteiger partial charge on any atom is 0.157 e. The Morgan fingerprint density at radius 3 is 2.31 bits per heavy atom. The molecule has 2 heterocycles. The highest BCUT2D eigenvalue weighted by molar-refractivity contribution is 5.86. The molecule has 176 valence electrons. The molecule has 0 saturated heterocycles. The first kappa shape index (κ1) is 21.0. The van der Waals surface area contributed by atoms with Gasteiger partial charge in [-0.25, -0.2) is 4.98 Å². The number of rotatable bonds is 4. The number of anilines is 1. The maximum atomic E-state index is 10.3. The number of aromatic nitrogens is 2. The molecule has 0 aliphatic heterocycles. The van der Waals surface area contributed by atoms with Crippen LogP contribution in [0.5, 0.6) is 0 Å². The monoisotopic (exact) mass is 460 g/mol. The number of pyridine rings is 1. The number of nitriles is 1. The molecule has 0 spiro atoms. The van der Waals surface area contributed by atoms with Gasteiger partial charge in [0.15, 0.2) is 5.65 Å². The van der Waals surface area contributed by atoms with Gasteiger partial charge in [0.05, 0.1) is 16.6 Å². The van der Waals surface area contributed by atoms with Crippen molar-refractivity contribution in [3.8, 4) is 6.07 Å². The summed E-state index contributed by atoms with van der Waals surface area (Å²) >= 11 is 0. The molecule has 4 aliphatic rings. The molecule has 4 aliphatic carbocycles. The summed E-state index contributed by atoms with van der Waals surface area (Å²) in [5, 5.41) is 14.5. The van der Waals surface area contributed by atoms with Gasteiger partial charge < -0.3 is 5.32 Å². The lowest BCUT2D eigenvalue weighted by atomic mass is 9.53. The van der Waals surface area contributed by atoms with Gasteiger partial charge in [0.25, 0.3) is 0 Å². The molecule has 4 heteroatoms. The smallest absolute Gasteiger partial charge is 0.157 e. The summed E-state index contributed by atoms with van der Waals surface area (Å²) in [5.41, 5.74) is 8.58. The van der Waals surface area contributed by atoms with Crippen molar-refractivity contribution >= 4 is 22.5 Å². The second kappa shape index (κ2) is 7.59. The number of nitrogens with one attached hydrogen (secondary N) is 1. The topological polar surface area (TPSA) is 53.1 Å². The summed E-state index contributed by atoms with van der Waals surface area (Å²) in [7, 11) is 0. The van der Waals surface area contributed by atoms with Crippen molar-refractivity contribution in [2.75, 3.05) is 5.32 Å². The van der Waals surface area contributed by atoms with Crippen molar-refractivity contribution in [1.82, 2.24) is 9.38 Å². The quantitative estimate of drug-likeness (QED) is 0.359. The van der Waals surface area contributed by atoms with Crippen molar-refractivity contribution in [3.63, 3.8) is 0 Å². The summed E-state index contributed by atoms with van der Waals surface area (Å²) < 4.78 is 2.27. The van der Waals surface area contributed by atoms with Gasteiger partial charge in [0, 0.05) is 17.5 Å². The predicted octanol–water partition coefficient (Wildman–Crippen LogP) is 6.95. The molecular formula is C31H32N4. The summed E-state index contributed by atoms with van der Waals surface area (Å²) in [4.78, 5) is 4.97. The summed E-state index contributed by atoms with van der Waals surface area (Å²) in [6, 6.07) is 19.5. The minimum absolute atomic E-state index is 0.161. The molecule has 0 amide bonds. The zero-order valence-electron chi connectivity index (χ0n) is 20.6. The number of benzene rings is 2. The number of fused-ring (bicyclic) bond motifs is 3. The molecule has 4 aromatic rings. The van der Waals surface area contributed by atoms with Crippen LogP contribution in [0.1, 0.15) is 66.3 Å². The molecule has 4 saturated carbocycles. The molecule has 0 atom stereocenters. The third-order valence-electron chi connectivity index (χ3n) is 9.28. The Hall–Kier alpha value is -3.32. The molecule has 0 unspecified atom stereocenters. The fraction of sp³-hybridized carbons (Fsp3) is 0.419. The largest absolute Gasteiger partial charge is 0.365 e. The van der Waals surface area contributed by atoms with Crippen LogP contribution < -0.4 is 5.32 Å². The highest BCUT2D eigenvalue weighted by Gasteiger charge is 2.51. The minimum atomic E-state index is 0.161. The minimum Gasteiger partial charge on any atom is -0.365 e. The van der Waals surface area contributed by atoms with E-state index in [4.69, 9.17) is 4.98 Å². The zero-order valence-corrected chi connectivity index (χ0v) is 20.6. The van der Waals surface area contributed by atoms with Gasteiger partial charge in [-0.15, -0.1) is 0 Å². The molecule has 2 aromatic heterocycles. The fourth-order valence-corrected chi connectivity index (χ4v) is 8.05. The van der Waals surface area contributed by atoms with Gasteiger partial charge in [-0.05, 0) is 98.9 Å². The Bertz CT molecular complexity index is 1480. The van der Waals surface area contributed by atoms with Crippen molar-refractivity contribution in [1.29, 1.82) is 5.26 Å². The van der Waals surface area contributed by atoms with Crippen LogP contribution in [0.3, 0.4) is 0 Å².